The molecule has 3 aromatic rings. The molecule has 4 N–H and O–H groups in total. The van der Waals surface area contributed by atoms with Crippen LogP contribution < -0.4 is 11.1 Å². The number of hydrogen-bond donors (Lipinski definition) is 3. The van der Waals surface area contributed by atoms with Crippen molar-refractivity contribution in [3.63, 3.8) is 0 Å². The number of rotatable bonds is 4. The molecule has 21 heavy (non-hydrogen) atoms. The van der Waals surface area contributed by atoms with E-state index >= 15 is 0 Å². The Morgan fingerprint density at radius 1 is 1.19 bits per heavy atom. The van der Waals surface area contributed by atoms with Crippen LogP contribution in [0.3, 0.4) is 0 Å². The molecule has 0 bridgehead atoms. The van der Waals surface area contributed by atoms with Crippen molar-refractivity contribution in [3.8, 4) is 0 Å². The topological polar surface area (TPSA) is 70.9 Å². The second-order valence-electron chi connectivity index (χ2n) is 4.81. The first-order valence-electron chi connectivity index (χ1n) is 6.53. The average molecular weight is 300 g/mol. The summed E-state index contributed by atoms with van der Waals surface area (Å²) in [5.74, 6) is -0.530. The molecule has 0 fully saturated rings. The molecule has 0 aliphatic rings. The fourth-order valence-corrected chi connectivity index (χ4v) is 2.45. The molecule has 5 heteroatoms. The minimum absolute atomic E-state index is 0.322. The lowest BCUT2D eigenvalue weighted by Crippen LogP contribution is -2.12. The lowest BCUT2D eigenvalue weighted by atomic mass is 10.1. The molecule has 1 heterocycles. The van der Waals surface area contributed by atoms with Crippen LogP contribution in [0.5, 0.6) is 0 Å². The second kappa shape index (κ2) is 5.50. The van der Waals surface area contributed by atoms with Crippen LogP contribution >= 0.6 is 11.6 Å². The molecule has 4 nitrogen and oxygen atoms in total. The molecular weight excluding hydrogens is 286 g/mol. The lowest BCUT2D eigenvalue weighted by Gasteiger charge is -2.09. The molecule has 2 aromatic carbocycles. The molecule has 0 spiro atoms. The molecule has 106 valence electrons. The van der Waals surface area contributed by atoms with Gasteiger partial charge < -0.3 is 16.0 Å². The number of halogens is 1. The number of anilines is 1. The van der Waals surface area contributed by atoms with Gasteiger partial charge in [0.05, 0.1) is 10.6 Å². The number of aromatic nitrogens is 1. The maximum Gasteiger partial charge on any atom is 0.250 e. The van der Waals surface area contributed by atoms with E-state index in [0.717, 1.165) is 16.8 Å². The van der Waals surface area contributed by atoms with E-state index < -0.39 is 5.91 Å². The van der Waals surface area contributed by atoms with Crippen LogP contribution in [0.4, 0.5) is 5.69 Å². The Kier molecular flexibility index (Phi) is 3.54. The summed E-state index contributed by atoms with van der Waals surface area (Å²) in [5, 5.41) is 4.80. The molecule has 3 rings (SSSR count). The number of nitrogens with one attached hydrogen (secondary N) is 2. The minimum Gasteiger partial charge on any atom is -0.381 e. The monoisotopic (exact) mass is 299 g/mol. The number of carbonyl (C=O) groups is 1. The molecule has 0 saturated heterocycles. The van der Waals surface area contributed by atoms with Gasteiger partial charge in [0.15, 0.2) is 0 Å². The first-order chi connectivity index (χ1) is 10.1. The first-order valence-corrected chi connectivity index (χ1v) is 6.90. The summed E-state index contributed by atoms with van der Waals surface area (Å²) in [6, 6.07) is 13.4. The predicted molar refractivity (Wildman–Crippen MR) is 85.6 cm³/mol. The number of primary amides is 1. The van der Waals surface area contributed by atoms with Gasteiger partial charge in [-0.1, -0.05) is 17.7 Å². The first kappa shape index (κ1) is 13.5. The molecule has 0 radical (unpaired) electrons. The van der Waals surface area contributed by atoms with E-state index in [1.54, 1.807) is 12.1 Å². The smallest absolute Gasteiger partial charge is 0.250 e. The Labute approximate surface area is 126 Å². The van der Waals surface area contributed by atoms with E-state index in [2.05, 4.69) is 22.4 Å². The summed E-state index contributed by atoms with van der Waals surface area (Å²) in [4.78, 5) is 14.4. The fraction of sp³-hybridized carbons (Fsp3) is 0.0625. The summed E-state index contributed by atoms with van der Waals surface area (Å²) >= 11 is 5.93. The number of hydrogen-bond acceptors (Lipinski definition) is 2. The predicted octanol–water partition coefficient (Wildman–Crippen LogP) is 3.53. The summed E-state index contributed by atoms with van der Waals surface area (Å²) in [7, 11) is 0. The third-order valence-electron chi connectivity index (χ3n) is 3.35. The van der Waals surface area contributed by atoms with Crippen molar-refractivity contribution in [3.05, 3.63) is 64.8 Å². The quantitative estimate of drug-likeness (QED) is 0.689. The fourth-order valence-electron chi connectivity index (χ4n) is 2.24. The highest BCUT2D eigenvalue weighted by molar-refractivity contribution is 6.33. The minimum atomic E-state index is -0.530. The van der Waals surface area contributed by atoms with Crippen molar-refractivity contribution in [1.29, 1.82) is 0 Å². The Morgan fingerprint density at radius 3 is 2.86 bits per heavy atom. The summed E-state index contributed by atoms with van der Waals surface area (Å²) in [6.45, 7) is 0.654. The summed E-state index contributed by atoms with van der Waals surface area (Å²) in [6.07, 6.45) is 1.92. The molecule has 0 atom stereocenters. The van der Waals surface area contributed by atoms with Gasteiger partial charge in [0.25, 0.3) is 0 Å². The standard InChI is InChI=1S/C16H14ClN3O/c17-14-3-2-12(8-13(14)16(18)21)20-9-10-1-4-15-11(7-10)5-6-19-15/h1-8,19-20H,9H2,(H2,18,21). The Balaban J connectivity index is 1.77. The van der Waals surface area contributed by atoms with Crippen molar-refractivity contribution in [2.24, 2.45) is 5.73 Å². The van der Waals surface area contributed by atoms with Crippen LogP contribution in [0.2, 0.25) is 5.02 Å². The van der Waals surface area contributed by atoms with Crippen molar-refractivity contribution < 1.29 is 4.79 Å². The van der Waals surface area contributed by atoms with Gasteiger partial charge in [-0.3, -0.25) is 4.79 Å². The van der Waals surface area contributed by atoms with Crippen LogP contribution in [0.1, 0.15) is 15.9 Å². The highest BCUT2D eigenvalue weighted by Crippen LogP contribution is 2.21. The Morgan fingerprint density at radius 2 is 2.05 bits per heavy atom. The van der Waals surface area contributed by atoms with Crippen LogP contribution in [-0.4, -0.2) is 10.9 Å². The highest BCUT2D eigenvalue weighted by atomic mass is 35.5. The van der Waals surface area contributed by atoms with Gasteiger partial charge in [0, 0.05) is 23.9 Å². The average Bonchev–Trinajstić information content (AvgIpc) is 2.93. The van der Waals surface area contributed by atoms with E-state index in [1.165, 1.54) is 5.39 Å². The summed E-state index contributed by atoms with van der Waals surface area (Å²) in [5.41, 5.74) is 8.68. The van der Waals surface area contributed by atoms with Gasteiger partial charge in [0.1, 0.15) is 0 Å². The van der Waals surface area contributed by atoms with E-state index in [-0.39, 0.29) is 0 Å². The highest BCUT2D eigenvalue weighted by Gasteiger charge is 2.07. The zero-order chi connectivity index (χ0) is 14.8. The van der Waals surface area contributed by atoms with Gasteiger partial charge in [0.2, 0.25) is 5.91 Å². The van der Waals surface area contributed by atoms with Crippen LogP contribution in [0, 0.1) is 0 Å². The zero-order valence-electron chi connectivity index (χ0n) is 11.2. The normalized spacial score (nSPS) is 10.7. The number of aromatic amines is 1. The number of benzene rings is 2. The van der Waals surface area contributed by atoms with E-state index in [0.29, 0.717) is 17.1 Å². The molecule has 0 aliphatic carbocycles. The van der Waals surface area contributed by atoms with Crippen LogP contribution in [0.25, 0.3) is 10.9 Å². The van der Waals surface area contributed by atoms with E-state index in [1.807, 2.05) is 24.4 Å². The number of fused-ring (bicyclic) bond motifs is 1. The van der Waals surface area contributed by atoms with Crippen molar-refractivity contribution in [2.75, 3.05) is 5.32 Å². The molecule has 1 amide bonds. The van der Waals surface area contributed by atoms with Crippen LogP contribution in [-0.2, 0) is 6.54 Å². The molecule has 0 unspecified atom stereocenters. The SMILES string of the molecule is NC(=O)c1cc(NCc2ccc3[nH]ccc3c2)ccc1Cl. The molecule has 1 aromatic heterocycles. The summed E-state index contributed by atoms with van der Waals surface area (Å²) < 4.78 is 0. The third kappa shape index (κ3) is 2.85. The largest absolute Gasteiger partial charge is 0.381 e. The van der Waals surface area contributed by atoms with Gasteiger partial charge >= 0.3 is 0 Å². The Bertz CT molecular complexity index is 810. The van der Waals surface area contributed by atoms with Crippen molar-refractivity contribution >= 4 is 34.1 Å². The van der Waals surface area contributed by atoms with E-state index in [9.17, 15) is 4.79 Å². The van der Waals surface area contributed by atoms with Gasteiger partial charge in [-0.2, -0.15) is 0 Å². The molecular formula is C16H14ClN3O. The number of amides is 1. The maximum atomic E-state index is 11.3. The van der Waals surface area contributed by atoms with Crippen molar-refractivity contribution in [2.45, 2.75) is 6.54 Å². The number of nitrogens with two attached hydrogens (primary N) is 1. The molecule has 0 saturated carbocycles. The number of carbonyl (C=O) groups excluding carboxylic acids is 1. The third-order valence-corrected chi connectivity index (χ3v) is 3.68. The van der Waals surface area contributed by atoms with Crippen molar-refractivity contribution in [1.82, 2.24) is 4.98 Å². The second-order valence-corrected chi connectivity index (χ2v) is 5.22. The lowest BCUT2D eigenvalue weighted by molar-refractivity contribution is 0.100. The van der Waals surface area contributed by atoms with Crippen LogP contribution in [0.15, 0.2) is 48.7 Å². The molecule has 0 aliphatic heterocycles. The van der Waals surface area contributed by atoms with Gasteiger partial charge in [-0.05, 0) is 47.3 Å². The maximum absolute atomic E-state index is 11.3. The van der Waals surface area contributed by atoms with Gasteiger partial charge in [-0.15, -0.1) is 0 Å². The Hall–Kier alpha value is -2.46. The number of H-pyrrole nitrogens is 1. The van der Waals surface area contributed by atoms with Gasteiger partial charge in [-0.25, -0.2) is 0 Å². The zero-order valence-corrected chi connectivity index (χ0v) is 11.9. The van der Waals surface area contributed by atoms with E-state index in [4.69, 9.17) is 17.3 Å².